The van der Waals surface area contributed by atoms with Crippen LogP contribution in [0.1, 0.15) is 414 Å². The maximum Gasteiger partial charge on any atom is 0.472 e. The molecule has 0 rings (SSSR count). The molecular weight excluding hydrogens is 1290 g/mol. The number of aliphatic hydroxyl groups excluding tert-OH is 1. The second-order valence-electron chi connectivity index (χ2n) is 30.2. The van der Waals surface area contributed by atoms with E-state index in [1.165, 1.54) is 225 Å². The Morgan fingerprint density at radius 2 is 0.465 bits per heavy atom. The van der Waals surface area contributed by atoms with Crippen LogP contribution in [0.5, 0.6) is 0 Å². The van der Waals surface area contributed by atoms with E-state index in [9.17, 15) is 43.2 Å². The van der Waals surface area contributed by atoms with Gasteiger partial charge in [-0.2, -0.15) is 0 Å². The molecule has 5 atom stereocenters. The summed E-state index contributed by atoms with van der Waals surface area (Å²) in [5, 5.41) is 10.6. The first kappa shape index (κ1) is 97.1. The summed E-state index contributed by atoms with van der Waals surface area (Å²) in [6, 6.07) is 0. The van der Waals surface area contributed by atoms with Gasteiger partial charge in [0.05, 0.1) is 26.4 Å². The molecule has 0 heterocycles. The predicted molar refractivity (Wildman–Crippen MR) is 405 cm³/mol. The minimum atomic E-state index is -4.96. The second-order valence-corrected chi connectivity index (χ2v) is 33.1. The fourth-order valence-corrected chi connectivity index (χ4v) is 13.9. The Bertz CT molecular complexity index is 1920. The number of ether oxygens (including phenoxy) is 4. The molecule has 99 heavy (non-hydrogen) atoms. The van der Waals surface area contributed by atoms with Crippen LogP contribution in [0.15, 0.2) is 0 Å². The number of unbranched alkanes of at least 4 members (excludes halogenated alkanes) is 46. The van der Waals surface area contributed by atoms with Gasteiger partial charge in [-0.05, 0) is 43.4 Å². The van der Waals surface area contributed by atoms with E-state index in [0.29, 0.717) is 25.7 Å². The first-order chi connectivity index (χ1) is 47.7. The third-order valence-corrected chi connectivity index (χ3v) is 20.5. The van der Waals surface area contributed by atoms with E-state index in [4.69, 9.17) is 37.0 Å². The summed E-state index contributed by atoms with van der Waals surface area (Å²) in [4.78, 5) is 73.0. The minimum absolute atomic E-state index is 0.106. The molecule has 0 aromatic rings. The average Bonchev–Trinajstić information content (AvgIpc) is 0.987. The van der Waals surface area contributed by atoms with Crippen molar-refractivity contribution in [3.63, 3.8) is 0 Å². The molecule has 0 aromatic heterocycles. The van der Waals surface area contributed by atoms with Gasteiger partial charge in [0.15, 0.2) is 12.2 Å². The van der Waals surface area contributed by atoms with Crippen LogP contribution >= 0.6 is 15.6 Å². The van der Waals surface area contributed by atoms with Gasteiger partial charge < -0.3 is 33.8 Å². The average molecular weight is 1450 g/mol. The zero-order valence-corrected chi connectivity index (χ0v) is 66.8. The van der Waals surface area contributed by atoms with Crippen molar-refractivity contribution in [1.82, 2.24) is 0 Å². The first-order valence-electron chi connectivity index (χ1n) is 41.3. The normalized spacial score (nSPS) is 14.0. The summed E-state index contributed by atoms with van der Waals surface area (Å²) in [5.74, 6) is 0.191. The Kier molecular flexibility index (Phi) is 69.0. The molecule has 0 bridgehead atoms. The van der Waals surface area contributed by atoms with Gasteiger partial charge in [0.1, 0.15) is 19.3 Å². The highest BCUT2D eigenvalue weighted by molar-refractivity contribution is 7.47. The molecule has 17 nitrogen and oxygen atoms in total. The Morgan fingerprint density at radius 3 is 0.687 bits per heavy atom. The highest BCUT2D eigenvalue weighted by Crippen LogP contribution is 2.45. The zero-order chi connectivity index (χ0) is 73.0. The van der Waals surface area contributed by atoms with E-state index < -0.39 is 97.5 Å². The Balaban J connectivity index is 5.27. The largest absolute Gasteiger partial charge is 0.472 e. The fourth-order valence-electron chi connectivity index (χ4n) is 12.3. The number of carbonyl (C=O) groups is 4. The summed E-state index contributed by atoms with van der Waals surface area (Å²) in [7, 11) is -9.92. The van der Waals surface area contributed by atoms with Crippen molar-refractivity contribution >= 4 is 39.5 Å². The summed E-state index contributed by atoms with van der Waals surface area (Å²) < 4.78 is 68.7. The number of carbonyl (C=O) groups excluding carboxylic acids is 4. The van der Waals surface area contributed by atoms with Crippen LogP contribution in [0.25, 0.3) is 0 Å². The SMILES string of the molecule is CCCCCCCCCCCCCCCCCCCC(=O)O[C@H](COC(=O)CCCCCCCCCCCCCCCC(C)C)COP(=O)(O)OC[C@@H](O)COP(=O)(O)OC[C@@H](COC(=O)CCCCCCCCCCCCC(C)C)OC(=O)CCCCCCCCCCCCC(C)C. The maximum absolute atomic E-state index is 13.1. The van der Waals surface area contributed by atoms with Crippen molar-refractivity contribution in [2.24, 2.45) is 17.8 Å². The van der Waals surface area contributed by atoms with E-state index in [0.717, 1.165) is 108 Å². The number of phosphoric ester groups is 2. The van der Waals surface area contributed by atoms with E-state index in [1.54, 1.807) is 0 Å². The van der Waals surface area contributed by atoms with Gasteiger partial charge in [-0.25, -0.2) is 9.13 Å². The molecule has 0 saturated heterocycles. The highest BCUT2D eigenvalue weighted by atomic mass is 31.2. The van der Waals surface area contributed by atoms with Gasteiger partial charge in [0.25, 0.3) is 0 Å². The van der Waals surface area contributed by atoms with Crippen LogP contribution in [0, 0.1) is 17.8 Å². The van der Waals surface area contributed by atoms with Crippen molar-refractivity contribution in [2.75, 3.05) is 39.6 Å². The van der Waals surface area contributed by atoms with Crippen LogP contribution < -0.4 is 0 Å². The number of rotatable bonds is 78. The molecular formula is C80H156O17P2. The van der Waals surface area contributed by atoms with Crippen LogP contribution in [0.4, 0.5) is 0 Å². The lowest BCUT2D eigenvalue weighted by Crippen LogP contribution is -2.30. The monoisotopic (exact) mass is 1450 g/mol. The number of hydrogen-bond donors (Lipinski definition) is 3. The quantitative estimate of drug-likeness (QED) is 0.0222. The van der Waals surface area contributed by atoms with Gasteiger partial charge >= 0.3 is 39.5 Å². The topological polar surface area (TPSA) is 237 Å². The second kappa shape index (κ2) is 70.4. The van der Waals surface area contributed by atoms with Gasteiger partial charge in [-0.3, -0.25) is 37.3 Å². The Morgan fingerprint density at radius 1 is 0.273 bits per heavy atom. The Hall–Kier alpha value is -1.94. The summed E-state index contributed by atoms with van der Waals surface area (Å²) in [6.45, 7) is 11.9. The molecule has 19 heteroatoms. The van der Waals surface area contributed by atoms with E-state index in [-0.39, 0.29) is 25.7 Å². The molecule has 0 radical (unpaired) electrons. The molecule has 0 aliphatic carbocycles. The summed E-state index contributed by atoms with van der Waals surface area (Å²) in [6.07, 6.45) is 58.2. The van der Waals surface area contributed by atoms with Gasteiger partial charge in [0, 0.05) is 25.7 Å². The molecule has 0 fully saturated rings. The lowest BCUT2D eigenvalue weighted by atomic mass is 10.0. The third-order valence-electron chi connectivity index (χ3n) is 18.6. The summed E-state index contributed by atoms with van der Waals surface area (Å²) >= 11 is 0. The van der Waals surface area contributed by atoms with Crippen molar-refractivity contribution < 1.29 is 80.2 Å². The number of hydrogen-bond acceptors (Lipinski definition) is 15. The molecule has 2 unspecified atom stereocenters. The Labute approximate surface area is 607 Å². The summed E-state index contributed by atoms with van der Waals surface area (Å²) in [5.41, 5.74) is 0. The molecule has 588 valence electrons. The molecule has 0 aliphatic heterocycles. The van der Waals surface area contributed by atoms with Gasteiger partial charge in [-0.15, -0.1) is 0 Å². The highest BCUT2D eigenvalue weighted by Gasteiger charge is 2.30. The van der Waals surface area contributed by atoms with E-state index >= 15 is 0 Å². The van der Waals surface area contributed by atoms with Crippen LogP contribution in [-0.2, 0) is 65.4 Å². The van der Waals surface area contributed by atoms with Crippen LogP contribution in [-0.4, -0.2) is 96.7 Å². The molecule has 0 spiro atoms. The van der Waals surface area contributed by atoms with E-state index in [1.807, 2.05) is 0 Å². The zero-order valence-electron chi connectivity index (χ0n) is 65.0. The van der Waals surface area contributed by atoms with Crippen LogP contribution in [0.2, 0.25) is 0 Å². The minimum Gasteiger partial charge on any atom is -0.462 e. The third kappa shape index (κ3) is 74.1. The first-order valence-corrected chi connectivity index (χ1v) is 44.3. The van der Waals surface area contributed by atoms with Crippen molar-refractivity contribution in [1.29, 1.82) is 0 Å². The number of esters is 4. The molecule has 3 N–H and O–H groups in total. The lowest BCUT2D eigenvalue weighted by molar-refractivity contribution is -0.161. The van der Waals surface area contributed by atoms with Crippen molar-refractivity contribution in [2.45, 2.75) is 433 Å². The molecule has 0 amide bonds. The number of aliphatic hydroxyl groups is 1. The predicted octanol–water partition coefficient (Wildman–Crippen LogP) is 23.7. The smallest absolute Gasteiger partial charge is 0.462 e. The number of phosphoric acid groups is 2. The van der Waals surface area contributed by atoms with Crippen molar-refractivity contribution in [3.05, 3.63) is 0 Å². The molecule has 0 aliphatic rings. The fraction of sp³-hybridized carbons (Fsp3) is 0.950. The van der Waals surface area contributed by atoms with Crippen LogP contribution in [0.3, 0.4) is 0 Å². The van der Waals surface area contributed by atoms with Gasteiger partial charge in [-0.1, -0.05) is 363 Å². The van der Waals surface area contributed by atoms with E-state index in [2.05, 4.69) is 48.5 Å². The standard InChI is InChI=1S/C80H156O17P2/c1-8-9-10-11-12-13-14-15-16-17-18-21-25-35-42-49-56-63-79(84)96-75(67-90-77(82)61-54-47-40-33-24-22-19-20-23-30-37-44-51-58-71(2)3)69-94-98(86,87)92-65-74(81)66-93-99(88,89)95-70-76(97-80(85)64-57-50-43-36-29-27-32-39-46-53-60-73(6)7)68-91-78(83)62-55-48-41-34-28-26-31-38-45-52-59-72(4)5/h71-76,81H,8-70H2,1-7H3,(H,86,87)(H,88,89)/t74-,75-,76-/m1/s1. The van der Waals surface area contributed by atoms with Gasteiger partial charge in [0.2, 0.25) is 0 Å². The maximum atomic E-state index is 13.1. The van der Waals surface area contributed by atoms with Crippen molar-refractivity contribution in [3.8, 4) is 0 Å². The lowest BCUT2D eigenvalue weighted by Gasteiger charge is -2.21. The molecule has 0 aromatic carbocycles. The molecule has 0 saturated carbocycles.